The number of nitrogens with zero attached hydrogens (tertiary/aromatic N) is 2. The summed E-state index contributed by atoms with van der Waals surface area (Å²) in [6, 6.07) is 21.1. The van der Waals surface area contributed by atoms with Crippen LogP contribution in [0.1, 0.15) is 27.6 Å². The largest absolute Gasteiger partial charge is 0.457 e. The number of carbonyl (C=O) groups is 2. The summed E-state index contributed by atoms with van der Waals surface area (Å²) in [7, 11) is 0. The number of hydrogen-bond acceptors (Lipinski definition) is 4. The van der Waals surface area contributed by atoms with Gasteiger partial charge in [-0.25, -0.2) is 4.39 Å². The lowest BCUT2D eigenvalue weighted by molar-refractivity contribution is 0.0743. The van der Waals surface area contributed by atoms with Crippen molar-refractivity contribution in [3.8, 4) is 11.5 Å². The Morgan fingerprint density at radius 2 is 1.55 bits per heavy atom. The predicted octanol–water partition coefficient (Wildman–Crippen LogP) is 4.78. The number of ketones is 1. The molecule has 158 valence electrons. The molecule has 1 amide bonds. The average molecular weight is 418 g/mol. The Bertz CT molecular complexity index is 1090. The highest BCUT2D eigenvalue weighted by molar-refractivity contribution is 5.97. The van der Waals surface area contributed by atoms with Crippen molar-refractivity contribution in [2.24, 2.45) is 0 Å². The number of amides is 1. The number of halogens is 1. The highest BCUT2D eigenvalue weighted by atomic mass is 19.1. The van der Waals surface area contributed by atoms with Crippen LogP contribution in [0, 0.1) is 5.82 Å². The Labute approximate surface area is 180 Å². The number of hydrogen-bond donors (Lipinski definition) is 0. The van der Waals surface area contributed by atoms with Gasteiger partial charge in [0.05, 0.1) is 11.3 Å². The van der Waals surface area contributed by atoms with Crippen LogP contribution in [0.4, 0.5) is 10.1 Å². The SMILES string of the molecule is CC(=O)c1ccc(N2CCN(C(=O)c3ccccc3Oc3ccccc3)CC2)c(F)c1. The molecule has 4 rings (SSSR count). The predicted molar refractivity (Wildman–Crippen MR) is 117 cm³/mol. The number of carbonyl (C=O) groups excluding carboxylic acids is 2. The van der Waals surface area contributed by atoms with Crippen LogP contribution >= 0.6 is 0 Å². The lowest BCUT2D eigenvalue weighted by Crippen LogP contribution is -2.49. The summed E-state index contributed by atoms with van der Waals surface area (Å²) in [6.07, 6.45) is 0. The van der Waals surface area contributed by atoms with Crippen molar-refractivity contribution >= 4 is 17.4 Å². The molecule has 0 aliphatic carbocycles. The zero-order valence-electron chi connectivity index (χ0n) is 17.3. The number of ether oxygens (including phenoxy) is 1. The molecule has 31 heavy (non-hydrogen) atoms. The highest BCUT2D eigenvalue weighted by Crippen LogP contribution is 2.27. The molecular weight excluding hydrogens is 395 g/mol. The smallest absolute Gasteiger partial charge is 0.257 e. The molecule has 0 spiro atoms. The second-order valence-corrected chi connectivity index (χ2v) is 7.41. The molecule has 1 aliphatic rings. The highest BCUT2D eigenvalue weighted by Gasteiger charge is 2.25. The molecular formula is C25H23FN2O3. The van der Waals surface area contributed by atoms with E-state index in [1.165, 1.54) is 13.0 Å². The maximum atomic E-state index is 14.5. The molecule has 0 unspecified atom stereocenters. The van der Waals surface area contributed by atoms with Gasteiger partial charge in [-0.3, -0.25) is 9.59 Å². The van der Waals surface area contributed by atoms with Gasteiger partial charge in [0.15, 0.2) is 5.78 Å². The molecule has 0 atom stereocenters. The summed E-state index contributed by atoms with van der Waals surface area (Å²) in [6.45, 7) is 3.35. The van der Waals surface area contributed by atoms with Crippen molar-refractivity contribution < 1.29 is 18.7 Å². The Hall–Kier alpha value is -3.67. The Balaban J connectivity index is 1.45. The first-order valence-electron chi connectivity index (χ1n) is 10.2. The zero-order valence-corrected chi connectivity index (χ0v) is 17.3. The fraction of sp³-hybridized carbons (Fsp3) is 0.200. The normalized spacial score (nSPS) is 13.7. The van der Waals surface area contributed by atoms with E-state index in [2.05, 4.69) is 0 Å². The van der Waals surface area contributed by atoms with Gasteiger partial charge in [-0.15, -0.1) is 0 Å². The van der Waals surface area contributed by atoms with Gasteiger partial charge >= 0.3 is 0 Å². The summed E-state index contributed by atoms with van der Waals surface area (Å²) in [5.74, 6) is 0.467. The maximum absolute atomic E-state index is 14.5. The molecule has 1 fully saturated rings. The van der Waals surface area contributed by atoms with Crippen LogP contribution in [0.5, 0.6) is 11.5 Å². The molecule has 1 aliphatic heterocycles. The fourth-order valence-electron chi connectivity index (χ4n) is 3.65. The van der Waals surface area contributed by atoms with Gasteiger partial charge in [0.25, 0.3) is 5.91 Å². The van der Waals surface area contributed by atoms with Crippen LogP contribution in [0.3, 0.4) is 0 Å². The van der Waals surface area contributed by atoms with Crippen molar-refractivity contribution in [2.75, 3.05) is 31.1 Å². The number of para-hydroxylation sites is 2. The summed E-state index contributed by atoms with van der Waals surface area (Å²) < 4.78 is 20.4. The monoisotopic (exact) mass is 418 g/mol. The summed E-state index contributed by atoms with van der Waals surface area (Å²) in [4.78, 5) is 28.3. The molecule has 0 saturated carbocycles. The van der Waals surface area contributed by atoms with Gasteiger partial charge in [0.2, 0.25) is 0 Å². The van der Waals surface area contributed by atoms with E-state index in [1.54, 1.807) is 29.2 Å². The Morgan fingerprint density at radius 3 is 2.23 bits per heavy atom. The number of Topliss-reactive ketones (excluding diaryl/α,β-unsaturated/α-hetero) is 1. The third-order valence-corrected chi connectivity index (χ3v) is 5.35. The Morgan fingerprint density at radius 1 is 0.871 bits per heavy atom. The zero-order chi connectivity index (χ0) is 21.8. The average Bonchev–Trinajstić information content (AvgIpc) is 2.80. The molecule has 5 nitrogen and oxygen atoms in total. The van der Waals surface area contributed by atoms with E-state index in [0.717, 1.165) is 0 Å². The summed E-state index contributed by atoms with van der Waals surface area (Å²) >= 11 is 0. The van der Waals surface area contributed by atoms with Crippen LogP contribution in [0.25, 0.3) is 0 Å². The molecule has 3 aromatic rings. The van der Waals surface area contributed by atoms with Crippen LogP contribution in [0.15, 0.2) is 72.8 Å². The van der Waals surface area contributed by atoms with E-state index in [-0.39, 0.29) is 11.7 Å². The van der Waals surface area contributed by atoms with Crippen LogP contribution < -0.4 is 9.64 Å². The number of piperazine rings is 1. The minimum atomic E-state index is -0.422. The van der Waals surface area contributed by atoms with E-state index >= 15 is 0 Å². The number of rotatable bonds is 5. The van der Waals surface area contributed by atoms with Gasteiger partial charge in [0, 0.05) is 31.7 Å². The minimum absolute atomic E-state index is 0.112. The second-order valence-electron chi connectivity index (χ2n) is 7.41. The first-order valence-corrected chi connectivity index (χ1v) is 10.2. The Kier molecular flexibility index (Phi) is 5.98. The van der Waals surface area contributed by atoms with Crippen LogP contribution in [0.2, 0.25) is 0 Å². The van der Waals surface area contributed by atoms with Crippen LogP contribution in [-0.4, -0.2) is 42.8 Å². The van der Waals surface area contributed by atoms with Crippen molar-refractivity contribution in [1.29, 1.82) is 0 Å². The quantitative estimate of drug-likeness (QED) is 0.560. The molecule has 3 aromatic carbocycles. The van der Waals surface area contributed by atoms with Gasteiger partial charge in [-0.2, -0.15) is 0 Å². The number of anilines is 1. The van der Waals surface area contributed by atoms with E-state index in [9.17, 15) is 14.0 Å². The minimum Gasteiger partial charge on any atom is -0.457 e. The molecule has 1 heterocycles. The third kappa shape index (κ3) is 4.58. The molecule has 6 heteroatoms. The first kappa shape index (κ1) is 20.6. The van der Waals surface area contributed by atoms with Crippen molar-refractivity contribution in [2.45, 2.75) is 6.92 Å². The van der Waals surface area contributed by atoms with E-state index < -0.39 is 5.82 Å². The second kappa shape index (κ2) is 9.00. The van der Waals surface area contributed by atoms with Crippen molar-refractivity contribution in [3.05, 3.63) is 89.7 Å². The van der Waals surface area contributed by atoms with Crippen molar-refractivity contribution in [1.82, 2.24) is 4.90 Å². The maximum Gasteiger partial charge on any atom is 0.257 e. The topological polar surface area (TPSA) is 49.9 Å². The lowest BCUT2D eigenvalue weighted by Gasteiger charge is -2.36. The first-order chi connectivity index (χ1) is 15.0. The van der Waals surface area contributed by atoms with E-state index in [0.29, 0.717) is 54.5 Å². The third-order valence-electron chi connectivity index (χ3n) is 5.35. The van der Waals surface area contributed by atoms with E-state index in [4.69, 9.17) is 4.74 Å². The molecule has 0 N–H and O–H groups in total. The summed E-state index contributed by atoms with van der Waals surface area (Å²) in [5, 5.41) is 0. The van der Waals surface area contributed by atoms with Gasteiger partial charge in [-0.05, 0) is 49.4 Å². The van der Waals surface area contributed by atoms with Crippen molar-refractivity contribution in [3.63, 3.8) is 0 Å². The van der Waals surface area contributed by atoms with E-state index in [1.807, 2.05) is 47.4 Å². The molecule has 0 radical (unpaired) electrons. The molecule has 0 bridgehead atoms. The van der Waals surface area contributed by atoms with Gasteiger partial charge in [0.1, 0.15) is 17.3 Å². The standard InChI is InChI=1S/C25H23FN2O3/c1-18(29)19-11-12-23(22(26)17-19)27-13-15-28(16-14-27)25(30)21-9-5-6-10-24(21)31-20-7-3-2-4-8-20/h2-12,17H,13-16H2,1H3. The molecule has 0 aromatic heterocycles. The summed E-state index contributed by atoms with van der Waals surface area (Å²) in [5.41, 5.74) is 1.30. The fourth-order valence-corrected chi connectivity index (χ4v) is 3.65. The molecule has 1 saturated heterocycles. The number of benzene rings is 3. The van der Waals surface area contributed by atoms with Gasteiger partial charge in [-0.1, -0.05) is 30.3 Å². The lowest BCUT2D eigenvalue weighted by atomic mass is 10.1. The van der Waals surface area contributed by atoms with Gasteiger partial charge < -0.3 is 14.5 Å². The van der Waals surface area contributed by atoms with Crippen LogP contribution in [-0.2, 0) is 0 Å².